The topological polar surface area (TPSA) is 112 Å². The van der Waals surface area contributed by atoms with E-state index >= 15 is 0 Å². The highest BCUT2D eigenvalue weighted by Crippen LogP contribution is 2.18. The van der Waals surface area contributed by atoms with Crippen molar-refractivity contribution in [1.82, 2.24) is 19.2 Å². The average Bonchev–Trinajstić information content (AvgIpc) is 2.86. The summed E-state index contributed by atoms with van der Waals surface area (Å²) >= 11 is 3.03. The molecule has 19 heavy (non-hydrogen) atoms. The predicted octanol–water partition coefficient (Wildman–Crippen LogP) is -0.514. The first-order chi connectivity index (χ1) is 8.83. The van der Waals surface area contributed by atoms with Crippen LogP contribution in [0.25, 0.3) is 0 Å². The van der Waals surface area contributed by atoms with Gasteiger partial charge in [0.1, 0.15) is 9.50 Å². The number of halogens is 1. The summed E-state index contributed by atoms with van der Waals surface area (Å²) in [4.78, 5) is -0.00298. The Kier molecular flexibility index (Phi) is 4.30. The van der Waals surface area contributed by atoms with Crippen LogP contribution in [0.5, 0.6) is 0 Å². The fourth-order valence-electron chi connectivity index (χ4n) is 1.77. The first-order valence-corrected chi connectivity index (χ1v) is 9.38. The summed E-state index contributed by atoms with van der Waals surface area (Å²) in [7, 11) is -6.88. The SMILES string of the molecule is O=S(=O)(NCCN1CCCS1(=O)=O)c1cn[nH]c1Br. The molecule has 1 aromatic heterocycles. The van der Waals surface area contributed by atoms with Gasteiger partial charge < -0.3 is 0 Å². The third-order valence-corrected chi connectivity index (χ3v) is 7.00. The molecule has 1 aliphatic heterocycles. The van der Waals surface area contributed by atoms with E-state index in [1.54, 1.807) is 0 Å². The third-order valence-electron chi connectivity index (χ3n) is 2.71. The van der Waals surface area contributed by atoms with E-state index in [1.807, 2.05) is 0 Å². The minimum atomic E-state index is -3.69. The predicted molar refractivity (Wildman–Crippen MR) is 71.5 cm³/mol. The van der Waals surface area contributed by atoms with Crippen LogP contribution in [0.4, 0.5) is 0 Å². The second-order valence-corrected chi connectivity index (χ2v) is 8.63. The second-order valence-electron chi connectivity index (χ2n) is 4.01. The number of aromatic amines is 1. The molecular formula is C8H13BrN4O4S2. The van der Waals surface area contributed by atoms with Crippen LogP contribution in [0.3, 0.4) is 0 Å². The van der Waals surface area contributed by atoms with E-state index < -0.39 is 20.0 Å². The van der Waals surface area contributed by atoms with E-state index in [-0.39, 0.29) is 28.3 Å². The molecule has 0 radical (unpaired) electrons. The smallest absolute Gasteiger partial charge is 0.244 e. The van der Waals surface area contributed by atoms with Gasteiger partial charge in [-0.15, -0.1) is 0 Å². The first-order valence-electron chi connectivity index (χ1n) is 5.49. The maximum absolute atomic E-state index is 11.9. The number of hydrogen-bond donors (Lipinski definition) is 2. The number of rotatable bonds is 5. The molecule has 0 bridgehead atoms. The van der Waals surface area contributed by atoms with Crippen molar-refractivity contribution in [3.8, 4) is 0 Å². The maximum atomic E-state index is 11.9. The van der Waals surface area contributed by atoms with E-state index in [2.05, 4.69) is 30.8 Å². The Balaban J connectivity index is 1.95. The summed E-state index contributed by atoms with van der Waals surface area (Å²) in [5, 5.41) is 6.06. The van der Waals surface area contributed by atoms with E-state index in [4.69, 9.17) is 0 Å². The summed E-state index contributed by atoms with van der Waals surface area (Å²) in [5.74, 6) is 0.132. The molecule has 0 aliphatic carbocycles. The number of hydrogen-bond acceptors (Lipinski definition) is 5. The third kappa shape index (κ3) is 3.34. The summed E-state index contributed by atoms with van der Waals surface area (Å²) in [6.07, 6.45) is 1.77. The van der Waals surface area contributed by atoms with Crippen molar-refractivity contribution < 1.29 is 16.8 Å². The minimum absolute atomic E-state index is 0.00298. The molecule has 0 aromatic carbocycles. The largest absolute Gasteiger partial charge is 0.270 e. The van der Waals surface area contributed by atoms with Crippen molar-refractivity contribution in [2.45, 2.75) is 11.3 Å². The van der Waals surface area contributed by atoms with Gasteiger partial charge >= 0.3 is 0 Å². The molecule has 1 fully saturated rings. The van der Waals surface area contributed by atoms with Gasteiger partial charge in [-0.1, -0.05) is 0 Å². The van der Waals surface area contributed by atoms with Gasteiger partial charge in [0.25, 0.3) is 0 Å². The highest BCUT2D eigenvalue weighted by Gasteiger charge is 2.28. The monoisotopic (exact) mass is 372 g/mol. The van der Waals surface area contributed by atoms with E-state index in [1.165, 1.54) is 10.5 Å². The van der Waals surface area contributed by atoms with Crippen molar-refractivity contribution in [2.24, 2.45) is 0 Å². The molecule has 2 heterocycles. The Morgan fingerprint density at radius 1 is 1.53 bits per heavy atom. The lowest BCUT2D eigenvalue weighted by molar-refractivity contribution is 0.444. The molecule has 0 saturated carbocycles. The van der Waals surface area contributed by atoms with Crippen LogP contribution >= 0.6 is 15.9 Å². The van der Waals surface area contributed by atoms with Crippen molar-refractivity contribution in [3.63, 3.8) is 0 Å². The zero-order valence-corrected chi connectivity index (χ0v) is 13.1. The maximum Gasteiger partial charge on any atom is 0.244 e. The number of sulfonamides is 2. The van der Waals surface area contributed by atoms with Crippen LogP contribution in [-0.4, -0.2) is 56.7 Å². The minimum Gasteiger partial charge on any atom is -0.270 e. The summed E-state index contributed by atoms with van der Waals surface area (Å²) in [5.41, 5.74) is 0. The van der Waals surface area contributed by atoms with Crippen LogP contribution in [0.15, 0.2) is 15.7 Å². The molecule has 0 amide bonds. The van der Waals surface area contributed by atoms with Crippen molar-refractivity contribution in [1.29, 1.82) is 0 Å². The Morgan fingerprint density at radius 2 is 2.26 bits per heavy atom. The molecule has 1 aliphatic rings. The lowest BCUT2D eigenvalue weighted by Gasteiger charge is -2.14. The molecule has 2 rings (SSSR count). The van der Waals surface area contributed by atoms with Crippen LogP contribution in [0, 0.1) is 0 Å². The number of nitrogens with zero attached hydrogens (tertiary/aromatic N) is 2. The summed E-state index contributed by atoms with van der Waals surface area (Å²) in [6, 6.07) is 0. The normalized spacial score (nSPS) is 19.8. The molecule has 11 heteroatoms. The highest BCUT2D eigenvalue weighted by molar-refractivity contribution is 9.10. The number of nitrogens with one attached hydrogen (secondary N) is 2. The lowest BCUT2D eigenvalue weighted by atomic mass is 10.5. The standard InChI is InChI=1S/C8H13BrN4O4S2/c9-8-7(6-10-12-8)19(16,17)11-2-4-13-3-1-5-18(13,14)15/h6,11H,1-5H2,(H,10,12). The zero-order valence-electron chi connectivity index (χ0n) is 9.83. The fraction of sp³-hybridized carbons (Fsp3) is 0.625. The Morgan fingerprint density at radius 3 is 2.79 bits per heavy atom. The quantitative estimate of drug-likeness (QED) is 0.722. The summed E-state index contributed by atoms with van der Waals surface area (Å²) in [6.45, 7) is 0.607. The van der Waals surface area contributed by atoms with Gasteiger partial charge in [0, 0.05) is 19.6 Å². The van der Waals surface area contributed by atoms with E-state index in [0.29, 0.717) is 13.0 Å². The molecule has 2 N–H and O–H groups in total. The van der Waals surface area contributed by atoms with Gasteiger partial charge in [-0.25, -0.2) is 25.9 Å². The van der Waals surface area contributed by atoms with Gasteiger partial charge in [0.05, 0.1) is 11.9 Å². The number of aromatic nitrogens is 2. The van der Waals surface area contributed by atoms with Crippen LogP contribution in [0.1, 0.15) is 6.42 Å². The Bertz CT molecular complexity index is 654. The zero-order chi connectivity index (χ0) is 14.1. The second kappa shape index (κ2) is 5.48. The molecule has 8 nitrogen and oxygen atoms in total. The van der Waals surface area contributed by atoms with Gasteiger partial charge in [-0.3, -0.25) is 5.10 Å². The Hall–Kier alpha value is -0.490. The van der Waals surface area contributed by atoms with E-state index in [9.17, 15) is 16.8 Å². The van der Waals surface area contributed by atoms with E-state index in [0.717, 1.165) is 0 Å². The van der Waals surface area contributed by atoms with Gasteiger partial charge in [-0.2, -0.15) is 5.10 Å². The van der Waals surface area contributed by atoms with Crippen molar-refractivity contribution in [3.05, 3.63) is 10.8 Å². The van der Waals surface area contributed by atoms with Gasteiger partial charge in [0.15, 0.2) is 0 Å². The molecular weight excluding hydrogens is 360 g/mol. The van der Waals surface area contributed by atoms with Crippen LogP contribution in [-0.2, 0) is 20.0 Å². The van der Waals surface area contributed by atoms with Crippen LogP contribution < -0.4 is 4.72 Å². The summed E-state index contributed by atoms with van der Waals surface area (Å²) < 4.78 is 50.7. The molecule has 108 valence electrons. The van der Waals surface area contributed by atoms with Gasteiger partial charge in [-0.05, 0) is 22.4 Å². The molecule has 0 unspecified atom stereocenters. The molecule has 0 spiro atoms. The Labute approximate surface area is 119 Å². The fourth-order valence-corrected chi connectivity index (χ4v) is 5.13. The first kappa shape index (κ1) is 14.9. The molecule has 1 aromatic rings. The molecule has 0 atom stereocenters. The lowest BCUT2D eigenvalue weighted by Crippen LogP contribution is -2.35. The highest BCUT2D eigenvalue weighted by atomic mass is 79.9. The average molecular weight is 373 g/mol. The van der Waals surface area contributed by atoms with Crippen molar-refractivity contribution >= 4 is 36.0 Å². The van der Waals surface area contributed by atoms with Crippen molar-refractivity contribution in [2.75, 3.05) is 25.4 Å². The van der Waals surface area contributed by atoms with Gasteiger partial charge in [0.2, 0.25) is 20.0 Å². The number of H-pyrrole nitrogens is 1. The van der Waals surface area contributed by atoms with Crippen LogP contribution in [0.2, 0.25) is 0 Å². The molecule has 1 saturated heterocycles.